The summed E-state index contributed by atoms with van der Waals surface area (Å²) in [5.74, 6) is -0.0306. The van der Waals surface area contributed by atoms with Gasteiger partial charge in [-0.15, -0.1) is 0 Å². The van der Waals surface area contributed by atoms with Crippen LogP contribution < -0.4 is 0 Å². The Bertz CT molecular complexity index is 652. The van der Waals surface area contributed by atoms with Gasteiger partial charge in [-0.25, -0.2) is 0 Å². The Morgan fingerprint density at radius 2 is 1.75 bits per heavy atom. The predicted molar refractivity (Wildman–Crippen MR) is 82.6 cm³/mol. The van der Waals surface area contributed by atoms with Crippen molar-refractivity contribution in [3.05, 3.63) is 70.7 Å². The van der Waals surface area contributed by atoms with Crippen molar-refractivity contribution in [3.63, 3.8) is 0 Å². The third-order valence-corrected chi connectivity index (χ3v) is 6.03. The zero-order chi connectivity index (χ0) is 13.9. The van der Waals surface area contributed by atoms with Crippen LogP contribution in [-0.2, 0) is 4.79 Å². The number of carbonyl (C=O) groups is 1. The number of benzene rings is 2. The van der Waals surface area contributed by atoms with E-state index in [-0.39, 0.29) is 25.7 Å². The summed E-state index contributed by atoms with van der Waals surface area (Å²) in [5, 5.41) is 0.698. The fourth-order valence-corrected chi connectivity index (χ4v) is 4.77. The summed E-state index contributed by atoms with van der Waals surface area (Å²) in [7, 11) is 0. The molecule has 2 aromatic rings. The molecule has 1 aliphatic heterocycles. The van der Waals surface area contributed by atoms with Crippen LogP contribution in [0.1, 0.15) is 22.4 Å². The molecule has 100 valence electrons. The van der Waals surface area contributed by atoms with Crippen molar-refractivity contribution >= 4 is 37.1 Å². The van der Waals surface area contributed by atoms with Gasteiger partial charge in [0.25, 0.3) is 0 Å². The fourth-order valence-electron chi connectivity index (χ4n) is 2.10. The normalized spacial score (nSPS) is 18.8. The standard InChI is InChI=1S/C16H12ClNOSe/c17-13-8-6-12(7-9-13)16-18-15(19)10-14(20-16)11-4-2-1-3-5-11/h1-9,14H,10H2/t14-/m1/s1. The monoisotopic (exact) mass is 349 g/mol. The molecule has 0 aliphatic carbocycles. The van der Waals surface area contributed by atoms with E-state index in [4.69, 9.17) is 11.6 Å². The van der Waals surface area contributed by atoms with Crippen molar-refractivity contribution in [2.24, 2.45) is 4.99 Å². The number of halogens is 1. The van der Waals surface area contributed by atoms with Crippen LogP contribution >= 0.6 is 11.6 Å². The summed E-state index contributed by atoms with van der Waals surface area (Å²) >= 11 is 6.06. The zero-order valence-corrected chi connectivity index (χ0v) is 13.1. The first kappa shape index (κ1) is 13.6. The minimum absolute atomic E-state index is 0.0306. The molecular weight excluding hydrogens is 337 g/mol. The van der Waals surface area contributed by atoms with Gasteiger partial charge in [-0.3, -0.25) is 0 Å². The first-order valence-electron chi connectivity index (χ1n) is 6.31. The molecular formula is C16H12ClNOSe. The van der Waals surface area contributed by atoms with Gasteiger partial charge >= 0.3 is 129 Å². The molecule has 0 radical (unpaired) electrons. The molecule has 20 heavy (non-hydrogen) atoms. The molecule has 0 bridgehead atoms. The Hall–Kier alpha value is -1.41. The van der Waals surface area contributed by atoms with Crippen molar-refractivity contribution in [1.82, 2.24) is 0 Å². The van der Waals surface area contributed by atoms with E-state index in [0.717, 1.165) is 10.2 Å². The van der Waals surface area contributed by atoms with E-state index in [0.29, 0.717) is 11.4 Å². The molecule has 0 saturated heterocycles. The molecule has 0 N–H and O–H groups in total. The average molecular weight is 349 g/mol. The maximum atomic E-state index is 11.9. The number of carbonyl (C=O) groups excluding carboxylic acids is 1. The first-order chi connectivity index (χ1) is 9.72. The number of hydrogen-bond donors (Lipinski definition) is 0. The van der Waals surface area contributed by atoms with Crippen molar-refractivity contribution < 1.29 is 4.79 Å². The molecule has 4 heteroatoms. The second kappa shape index (κ2) is 5.92. The summed E-state index contributed by atoms with van der Waals surface area (Å²) in [6.45, 7) is 0. The number of nitrogens with zero attached hydrogens (tertiary/aromatic N) is 1. The minimum atomic E-state index is -0.0306. The molecule has 3 rings (SSSR count). The SMILES string of the molecule is O=C1C[C@H](c2ccccc2)[Se]C(c2ccc(Cl)cc2)=N1. The third kappa shape index (κ3) is 3.01. The van der Waals surface area contributed by atoms with Gasteiger partial charge in [0.1, 0.15) is 0 Å². The van der Waals surface area contributed by atoms with Gasteiger partial charge in [-0.2, -0.15) is 0 Å². The Labute approximate surface area is 129 Å². The van der Waals surface area contributed by atoms with Crippen molar-refractivity contribution in [2.75, 3.05) is 0 Å². The predicted octanol–water partition coefficient (Wildman–Crippen LogP) is 3.46. The van der Waals surface area contributed by atoms with Gasteiger partial charge in [-0.1, -0.05) is 0 Å². The molecule has 1 heterocycles. The fraction of sp³-hybridized carbons (Fsp3) is 0.125. The molecule has 0 unspecified atom stereocenters. The third-order valence-electron chi connectivity index (χ3n) is 3.10. The van der Waals surface area contributed by atoms with E-state index in [1.807, 2.05) is 42.5 Å². The molecule has 2 nitrogen and oxygen atoms in total. The molecule has 1 aliphatic rings. The van der Waals surface area contributed by atoms with Crippen LogP contribution in [0.4, 0.5) is 0 Å². The van der Waals surface area contributed by atoms with Gasteiger partial charge < -0.3 is 0 Å². The maximum absolute atomic E-state index is 11.9. The molecule has 1 atom stereocenters. The average Bonchev–Trinajstić information content (AvgIpc) is 2.48. The molecule has 0 fully saturated rings. The quantitative estimate of drug-likeness (QED) is 0.764. The first-order valence-corrected chi connectivity index (χ1v) is 8.54. The Morgan fingerprint density at radius 1 is 1.05 bits per heavy atom. The van der Waals surface area contributed by atoms with Crippen LogP contribution in [-0.4, -0.2) is 25.5 Å². The van der Waals surface area contributed by atoms with Crippen LogP contribution in [0.2, 0.25) is 5.02 Å². The van der Waals surface area contributed by atoms with Gasteiger partial charge in [0.15, 0.2) is 0 Å². The molecule has 0 spiro atoms. The molecule has 2 aromatic carbocycles. The molecule has 1 amide bonds. The Morgan fingerprint density at radius 3 is 2.45 bits per heavy atom. The number of amides is 1. The van der Waals surface area contributed by atoms with Gasteiger partial charge in [-0.05, 0) is 0 Å². The Kier molecular flexibility index (Phi) is 4.02. The van der Waals surface area contributed by atoms with Gasteiger partial charge in [0.2, 0.25) is 0 Å². The van der Waals surface area contributed by atoms with Crippen LogP contribution in [0.25, 0.3) is 0 Å². The summed E-state index contributed by atoms with van der Waals surface area (Å²) in [6.07, 6.45) is 0.515. The number of hydrogen-bond acceptors (Lipinski definition) is 1. The van der Waals surface area contributed by atoms with E-state index in [1.165, 1.54) is 5.56 Å². The summed E-state index contributed by atoms with van der Waals surface area (Å²) in [4.78, 5) is 16.4. The van der Waals surface area contributed by atoms with E-state index in [1.54, 1.807) is 0 Å². The van der Waals surface area contributed by atoms with Crippen LogP contribution in [0, 0.1) is 0 Å². The summed E-state index contributed by atoms with van der Waals surface area (Å²) in [6, 6.07) is 17.8. The van der Waals surface area contributed by atoms with E-state index >= 15 is 0 Å². The van der Waals surface area contributed by atoms with Crippen LogP contribution in [0.3, 0.4) is 0 Å². The van der Waals surface area contributed by atoms with E-state index < -0.39 is 0 Å². The van der Waals surface area contributed by atoms with Crippen molar-refractivity contribution in [3.8, 4) is 0 Å². The topological polar surface area (TPSA) is 29.4 Å². The summed E-state index contributed by atoms with van der Waals surface area (Å²) < 4.78 is 0.916. The summed E-state index contributed by atoms with van der Waals surface area (Å²) in [5.41, 5.74) is 2.23. The van der Waals surface area contributed by atoms with Gasteiger partial charge in [0, 0.05) is 0 Å². The second-order valence-electron chi connectivity index (χ2n) is 4.54. The zero-order valence-electron chi connectivity index (χ0n) is 10.6. The number of aliphatic imine (C=N–C) groups is 1. The van der Waals surface area contributed by atoms with Crippen LogP contribution in [0.5, 0.6) is 0 Å². The molecule has 0 aromatic heterocycles. The van der Waals surface area contributed by atoms with Crippen LogP contribution in [0.15, 0.2) is 59.6 Å². The van der Waals surface area contributed by atoms with E-state index in [2.05, 4.69) is 17.1 Å². The van der Waals surface area contributed by atoms with Crippen molar-refractivity contribution in [2.45, 2.75) is 11.2 Å². The van der Waals surface area contributed by atoms with E-state index in [9.17, 15) is 4.79 Å². The van der Waals surface area contributed by atoms with Crippen molar-refractivity contribution in [1.29, 1.82) is 0 Å². The second-order valence-corrected chi connectivity index (χ2v) is 7.48. The Balaban J connectivity index is 1.89. The molecule has 0 saturated carbocycles. The number of rotatable bonds is 2. The van der Waals surface area contributed by atoms with Gasteiger partial charge in [0.05, 0.1) is 0 Å².